The van der Waals surface area contributed by atoms with Crippen LogP contribution in [0.3, 0.4) is 0 Å². The SMILES string of the molecule is CN(C[C@@H](O)[C@@H](O)[C@H](O)[C@H](O)CO)C(=S)[S-]. The molecule has 4 atom stereocenters. The average Bonchev–Trinajstić information content (AvgIpc) is 2.25. The zero-order valence-electron chi connectivity index (χ0n) is 8.72. The van der Waals surface area contributed by atoms with Crippen molar-refractivity contribution >= 4 is 29.2 Å². The molecule has 0 radical (unpaired) electrons. The molecule has 0 amide bonds. The Hall–Kier alpha value is -0.0900. The number of nitrogens with zero attached hydrogens (tertiary/aromatic N) is 1. The maximum absolute atomic E-state index is 9.50. The van der Waals surface area contributed by atoms with Crippen molar-refractivity contribution in [3.63, 3.8) is 0 Å². The maximum atomic E-state index is 9.50. The van der Waals surface area contributed by atoms with Crippen molar-refractivity contribution < 1.29 is 25.5 Å². The first-order valence-electron chi connectivity index (χ1n) is 4.56. The highest BCUT2D eigenvalue weighted by Crippen LogP contribution is 2.06. The highest BCUT2D eigenvalue weighted by Gasteiger charge is 2.30. The van der Waals surface area contributed by atoms with Crippen molar-refractivity contribution in [1.82, 2.24) is 4.90 Å². The van der Waals surface area contributed by atoms with Gasteiger partial charge in [0.2, 0.25) is 0 Å². The Labute approximate surface area is 105 Å². The Balaban J connectivity index is 4.27. The third-order valence-electron chi connectivity index (χ3n) is 2.10. The van der Waals surface area contributed by atoms with Crippen molar-refractivity contribution in [1.29, 1.82) is 0 Å². The summed E-state index contributed by atoms with van der Waals surface area (Å²) in [6, 6.07) is 0. The number of likely N-dealkylation sites (N-methyl/N-ethyl adjacent to an activating group) is 1. The lowest BCUT2D eigenvalue weighted by molar-refractivity contribution is -0.116. The van der Waals surface area contributed by atoms with Crippen molar-refractivity contribution in [2.45, 2.75) is 24.4 Å². The fourth-order valence-corrected chi connectivity index (χ4v) is 1.18. The molecule has 5 N–H and O–H groups in total. The van der Waals surface area contributed by atoms with Crippen LogP contribution in [-0.4, -0.2) is 79.4 Å². The first kappa shape index (κ1) is 15.9. The van der Waals surface area contributed by atoms with Gasteiger partial charge in [-0.3, -0.25) is 0 Å². The van der Waals surface area contributed by atoms with E-state index in [1.54, 1.807) is 0 Å². The van der Waals surface area contributed by atoms with Gasteiger partial charge in [0, 0.05) is 13.6 Å². The second kappa shape index (κ2) is 7.28. The summed E-state index contributed by atoms with van der Waals surface area (Å²) in [6.45, 7) is -0.779. The Bertz CT molecular complexity index is 230. The number of hydrogen-bond donors (Lipinski definition) is 5. The van der Waals surface area contributed by atoms with Crippen LogP contribution in [0.1, 0.15) is 0 Å². The van der Waals surface area contributed by atoms with Crippen LogP contribution in [0.2, 0.25) is 0 Å². The van der Waals surface area contributed by atoms with Gasteiger partial charge in [0.1, 0.15) is 18.3 Å². The first-order chi connectivity index (χ1) is 7.31. The van der Waals surface area contributed by atoms with Gasteiger partial charge in [-0.2, -0.15) is 0 Å². The zero-order chi connectivity index (χ0) is 12.9. The minimum absolute atomic E-state index is 0.0707. The Morgan fingerprint density at radius 1 is 1.19 bits per heavy atom. The summed E-state index contributed by atoms with van der Waals surface area (Å²) in [5.41, 5.74) is 0. The number of aliphatic hydroxyl groups is 5. The molecule has 0 fully saturated rings. The molecule has 0 spiro atoms. The third kappa shape index (κ3) is 4.83. The van der Waals surface area contributed by atoms with E-state index in [-0.39, 0.29) is 10.9 Å². The van der Waals surface area contributed by atoms with Gasteiger partial charge in [-0.05, 0) is 0 Å². The first-order valence-corrected chi connectivity index (χ1v) is 5.38. The van der Waals surface area contributed by atoms with E-state index < -0.39 is 31.0 Å². The summed E-state index contributed by atoms with van der Waals surface area (Å²) in [5.74, 6) is 0. The molecule has 0 aromatic heterocycles. The van der Waals surface area contributed by atoms with Crippen LogP contribution in [0.25, 0.3) is 0 Å². The van der Waals surface area contributed by atoms with E-state index in [0.717, 1.165) is 0 Å². The standard InChI is InChI=1S/C8H17NO5S2/c1-9(8(15)16)2-4(11)6(13)7(14)5(12)3-10/h4-7,10-14H,2-3H2,1H3,(H,15,16)/p-1/t4-,5-,6-,7-/m1/s1. The van der Waals surface area contributed by atoms with Crippen LogP contribution in [-0.2, 0) is 12.6 Å². The topological polar surface area (TPSA) is 104 Å². The van der Waals surface area contributed by atoms with Gasteiger partial charge in [0.05, 0.1) is 12.7 Å². The summed E-state index contributed by atoms with van der Waals surface area (Å²) >= 11 is 9.32. The molecule has 0 aromatic carbocycles. The molecule has 0 aliphatic rings. The van der Waals surface area contributed by atoms with E-state index in [1.165, 1.54) is 11.9 Å². The molecule has 16 heavy (non-hydrogen) atoms. The minimum atomic E-state index is -1.63. The zero-order valence-corrected chi connectivity index (χ0v) is 10.4. The van der Waals surface area contributed by atoms with Gasteiger partial charge < -0.3 is 55.3 Å². The monoisotopic (exact) mass is 270 g/mol. The summed E-state index contributed by atoms with van der Waals surface area (Å²) < 4.78 is 0.114. The molecule has 6 nitrogen and oxygen atoms in total. The molecule has 0 aliphatic heterocycles. The van der Waals surface area contributed by atoms with E-state index in [1.807, 2.05) is 0 Å². The smallest absolute Gasteiger partial charge is 0.111 e. The van der Waals surface area contributed by atoms with E-state index in [2.05, 4.69) is 24.8 Å². The van der Waals surface area contributed by atoms with E-state index in [4.69, 9.17) is 10.2 Å². The molecule has 0 saturated carbocycles. The Kier molecular flexibility index (Phi) is 7.24. The lowest BCUT2D eigenvalue weighted by Gasteiger charge is -2.31. The van der Waals surface area contributed by atoms with Crippen LogP contribution < -0.4 is 0 Å². The summed E-state index contributed by atoms with van der Waals surface area (Å²) in [4.78, 5) is 1.34. The van der Waals surface area contributed by atoms with E-state index >= 15 is 0 Å². The van der Waals surface area contributed by atoms with Gasteiger partial charge >= 0.3 is 0 Å². The summed E-state index contributed by atoms with van der Waals surface area (Å²) in [5, 5.41) is 45.9. The second-order valence-corrected chi connectivity index (χ2v) is 4.48. The van der Waals surface area contributed by atoms with Crippen LogP contribution in [0.15, 0.2) is 0 Å². The lowest BCUT2D eigenvalue weighted by atomic mass is 10.0. The average molecular weight is 270 g/mol. The molecule has 0 aromatic rings. The van der Waals surface area contributed by atoms with Crippen LogP contribution in [0.5, 0.6) is 0 Å². The van der Waals surface area contributed by atoms with Crippen molar-refractivity contribution in [3.05, 3.63) is 0 Å². The highest BCUT2D eigenvalue weighted by atomic mass is 32.1. The molecule has 0 heterocycles. The predicted molar refractivity (Wildman–Crippen MR) is 63.7 cm³/mol. The van der Waals surface area contributed by atoms with Crippen LogP contribution >= 0.6 is 12.2 Å². The largest absolute Gasteiger partial charge is 0.411 e. The Morgan fingerprint density at radius 3 is 2.00 bits per heavy atom. The van der Waals surface area contributed by atoms with Crippen LogP contribution in [0, 0.1) is 0 Å². The van der Waals surface area contributed by atoms with E-state index in [9.17, 15) is 15.3 Å². The highest BCUT2D eigenvalue weighted by molar-refractivity contribution is 8.00. The van der Waals surface area contributed by atoms with Gasteiger partial charge in [0.25, 0.3) is 0 Å². The Morgan fingerprint density at radius 2 is 1.62 bits per heavy atom. The molecule has 96 valence electrons. The fraction of sp³-hybridized carbons (Fsp3) is 0.875. The van der Waals surface area contributed by atoms with Gasteiger partial charge in [0.15, 0.2) is 0 Å². The van der Waals surface area contributed by atoms with Crippen molar-refractivity contribution in [2.24, 2.45) is 0 Å². The molecular weight excluding hydrogens is 254 g/mol. The number of rotatable bonds is 6. The number of thiocarbonyl (C=S) groups is 1. The molecule has 0 saturated heterocycles. The molecule has 0 rings (SSSR count). The molecule has 0 bridgehead atoms. The van der Waals surface area contributed by atoms with Gasteiger partial charge in [-0.15, -0.1) is 0 Å². The number of hydrogen-bond acceptors (Lipinski definition) is 7. The lowest BCUT2D eigenvalue weighted by Crippen LogP contribution is -2.49. The molecule has 0 unspecified atom stereocenters. The number of aliphatic hydroxyl groups excluding tert-OH is 5. The van der Waals surface area contributed by atoms with Crippen LogP contribution in [0.4, 0.5) is 0 Å². The van der Waals surface area contributed by atoms with Gasteiger partial charge in [-0.25, -0.2) is 0 Å². The van der Waals surface area contributed by atoms with E-state index in [0.29, 0.717) is 0 Å². The fourth-order valence-electron chi connectivity index (χ4n) is 1.03. The van der Waals surface area contributed by atoms with Crippen molar-refractivity contribution in [3.8, 4) is 0 Å². The third-order valence-corrected chi connectivity index (χ3v) is 2.72. The maximum Gasteiger partial charge on any atom is 0.111 e. The summed E-state index contributed by atoms with van der Waals surface area (Å²) in [6.07, 6.45) is -6.06. The second-order valence-electron chi connectivity index (χ2n) is 3.44. The quantitative estimate of drug-likeness (QED) is 0.260. The molecule has 8 heteroatoms. The molecule has 0 aliphatic carbocycles. The van der Waals surface area contributed by atoms with Crippen molar-refractivity contribution in [2.75, 3.05) is 20.2 Å². The minimum Gasteiger partial charge on any atom is -0.411 e. The van der Waals surface area contributed by atoms with Gasteiger partial charge in [-0.1, -0.05) is 4.32 Å². The molecular formula is C8H16NO5S2-. The normalized spacial score (nSPS) is 18.6. The predicted octanol–water partition coefficient (Wildman–Crippen LogP) is -2.81. The summed E-state index contributed by atoms with van der Waals surface area (Å²) in [7, 11) is 1.53.